The van der Waals surface area contributed by atoms with Gasteiger partial charge in [0.2, 0.25) is 0 Å². The number of amides is 1. The number of aliphatic imine (C=N–C) groups is 1. The number of piperazine rings is 1. The van der Waals surface area contributed by atoms with Gasteiger partial charge in [-0.15, -0.1) is 0 Å². The molecule has 1 saturated carbocycles. The predicted octanol–water partition coefficient (Wildman–Crippen LogP) is 3.17. The molecule has 0 N–H and O–H groups in total. The Morgan fingerprint density at radius 3 is 2.70 bits per heavy atom. The molecule has 2 unspecified atom stereocenters. The molecule has 1 saturated heterocycles. The molecular weight excluding hydrogens is 482 g/mol. The summed E-state index contributed by atoms with van der Waals surface area (Å²) >= 11 is 7.84. The van der Waals surface area contributed by atoms with E-state index in [2.05, 4.69) is 4.90 Å². The Bertz CT molecular complexity index is 1150. The van der Waals surface area contributed by atoms with E-state index in [0.29, 0.717) is 50.0 Å². The first kappa shape index (κ1) is 22.8. The average Bonchev–Trinajstić information content (AvgIpc) is 3.53. The van der Waals surface area contributed by atoms with Gasteiger partial charge >= 0.3 is 0 Å². The number of allylic oxidation sites excluding steroid dienone is 2. The number of carbonyl (C=O) groups is 1. The Balaban J connectivity index is 1.28. The van der Waals surface area contributed by atoms with Crippen molar-refractivity contribution in [3.05, 3.63) is 47.0 Å². The standard InChI is InChI=1S/C23H26ClN3O4S2/c1-33(29,30)17-5-7-20(31-14-15-2-3-15)18(13-17)22(28)26-8-10-27(11-9-26)23-25-19-6-4-16(24)12-21(19)32-23/h4-7,12-13,15,19,21H,2-3,8-11,14H2,1H3. The van der Waals surface area contributed by atoms with Gasteiger partial charge in [0.1, 0.15) is 5.75 Å². The molecule has 0 aromatic heterocycles. The number of fused-ring (bicyclic) bond motifs is 1. The first-order valence-electron chi connectivity index (χ1n) is 11.1. The van der Waals surface area contributed by atoms with Crippen molar-refractivity contribution in [3.8, 4) is 5.75 Å². The van der Waals surface area contributed by atoms with Gasteiger partial charge in [0.15, 0.2) is 15.0 Å². The Morgan fingerprint density at radius 1 is 1.24 bits per heavy atom. The Labute approximate surface area is 203 Å². The van der Waals surface area contributed by atoms with Gasteiger partial charge in [-0.1, -0.05) is 29.4 Å². The zero-order valence-corrected chi connectivity index (χ0v) is 20.7. The molecule has 0 spiro atoms. The molecule has 0 radical (unpaired) electrons. The maximum atomic E-state index is 13.4. The number of thioether (sulfide) groups is 1. The van der Waals surface area contributed by atoms with E-state index in [-0.39, 0.29) is 22.1 Å². The van der Waals surface area contributed by atoms with E-state index in [0.717, 1.165) is 29.3 Å². The van der Waals surface area contributed by atoms with Gasteiger partial charge < -0.3 is 14.5 Å². The summed E-state index contributed by atoms with van der Waals surface area (Å²) in [5, 5.41) is 1.95. The van der Waals surface area contributed by atoms with Gasteiger partial charge in [-0.3, -0.25) is 9.79 Å². The van der Waals surface area contributed by atoms with E-state index < -0.39 is 9.84 Å². The number of benzene rings is 1. The lowest BCUT2D eigenvalue weighted by molar-refractivity contribution is 0.0688. The van der Waals surface area contributed by atoms with Crippen molar-refractivity contribution in [1.29, 1.82) is 0 Å². The smallest absolute Gasteiger partial charge is 0.257 e. The molecule has 1 aromatic carbocycles. The van der Waals surface area contributed by atoms with E-state index in [4.69, 9.17) is 21.3 Å². The SMILES string of the molecule is CS(=O)(=O)c1ccc(OCC2CC2)c(C(=O)N2CCN(C3=NC4C=CC(Cl)=CC4S3)CC2)c1. The minimum absolute atomic E-state index is 0.108. The number of halogens is 1. The molecule has 7 nitrogen and oxygen atoms in total. The first-order valence-corrected chi connectivity index (χ1v) is 14.2. The van der Waals surface area contributed by atoms with Crippen LogP contribution in [-0.2, 0) is 9.84 Å². The summed E-state index contributed by atoms with van der Waals surface area (Å²) in [6.45, 7) is 2.96. The van der Waals surface area contributed by atoms with Gasteiger partial charge in [0.05, 0.1) is 28.4 Å². The second-order valence-electron chi connectivity index (χ2n) is 8.86. The molecule has 0 bridgehead atoms. The summed E-state index contributed by atoms with van der Waals surface area (Å²) in [6, 6.07) is 4.68. The third-order valence-corrected chi connectivity index (χ3v) is 8.86. The maximum absolute atomic E-state index is 13.4. The van der Waals surface area contributed by atoms with Crippen molar-refractivity contribution >= 4 is 44.3 Å². The number of sulfone groups is 1. The van der Waals surface area contributed by atoms with Crippen molar-refractivity contribution in [2.45, 2.75) is 29.0 Å². The second-order valence-corrected chi connectivity index (χ2v) is 12.5. The highest BCUT2D eigenvalue weighted by Gasteiger charge is 2.34. The van der Waals surface area contributed by atoms with Crippen LogP contribution in [0.15, 0.2) is 51.3 Å². The summed E-state index contributed by atoms with van der Waals surface area (Å²) in [5.41, 5.74) is 0.315. The highest BCUT2D eigenvalue weighted by molar-refractivity contribution is 8.14. The van der Waals surface area contributed by atoms with Crippen molar-refractivity contribution in [3.63, 3.8) is 0 Å². The lowest BCUT2D eigenvalue weighted by Gasteiger charge is -2.35. The van der Waals surface area contributed by atoms with Crippen molar-refractivity contribution in [2.24, 2.45) is 10.9 Å². The van der Waals surface area contributed by atoms with Crippen molar-refractivity contribution in [1.82, 2.24) is 9.80 Å². The minimum atomic E-state index is -3.43. The molecule has 176 valence electrons. The minimum Gasteiger partial charge on any atom is -0.492 e. The van der Waals surface area contributed by atoms with Crippen LogP contribution in [0.3, 0.4) is 0 Å². The highest BCUT2D eigenvalue weighted by atomic mass is 35.5. The van der Waals surface area contributed by atoms with E-state index in [1.165, 1.54) is 12.1 Å². The molecule has 2 atom stereocenters. The first-order chi connectivity index (χ1) is 15.8. The summed E-state index contributed by atoms with van der Waals surface area (Å²) in [4.78, 5) is 22.3. The zero-order chi connectivity index (χ0) is 23.2. The van der Waals surface area contributed by atoms with Gasteiger partial charge in [-0.25, -0.2) is 8.42 Å². The average molecular weight is 508 g/mol. The van der Waals surface area contributed by atoms with Gasteiger partial charge in [-0.05, 0) is 49.1 Å². The van der Waals surface area contributed by atoms with Crippen molar-refractivity contribution in [2.75, 3.05) is 39.0 Å². The van der Waals surface area contributed by atoms with E-state index in [9.17, 15) is 13.2 Å². The summed E-state index contributed by atoms with van der Waals surface area (Å²) < 4.78 is 30.1. The summed E-state index contributed by atoms with van der Waals surface area (Å²) in [5.74, 6) is 0.786. The topological polar surface area (TPSA) is 79.3 Å². The van der Waals surface area contributed by atoms with E-state index >= 15 is 0 Å². The number of hydrogen-bond acceptors (Lipinski definition) is 7. The van der Waals surface area contributed by atoms with Crippen LogP contribution in [0.1, 0.15) is 23.2 Å². The third-order valence-electron chi connectivity index (χ3n) is 6.23. The van der Waals surface area contributed by atoms with Crippen LogP contribution in [0.5, 0.6) is 5.75 Å². The third kappa shape index (κ3) is 5.10. The second kappa shape index (κ2) is 9.00. The van der Waals surface area contributed by atoms with Gasteiger partial charge in [-0.2, -0.15) is 0 Å². The molecule has 4 aliphatic rings. The Morgan fingerprint density at radius 2 is 2.00 bits per heavy atom. The van der Waals surface area contributed by atoms with Crippen LogP contribution in [0.2, 0.25) is 0 Å². The Hall–Kier alpha value is -1.97. The quantitative estimate of drug-likeness (QED) is 0.609. The van der Waals surface area contributed by atoms with Crippen LogP contribution >= 0.6 is 23.4 Å². The normalized spacial score (nSPS) is 24.9. The van der Waals surface area contributed by atoms with E-state index in [1.54, 1.807) is 22.7 Å². The lowest BCUT2D eigenvalue weighted by atomic mass is 10.1. The van der Waals surface area contributed by atoms with Crippen LogP contribution in [0, 0.1) is 5.92 Å². The van der Waals surface area contributed by atoms with Crippen LogP contribution in [-0.4, -0.2) is 79.6 Å². The number of rotatable bonds is 5. The number of carbonyl (C=O) groups excluding carboxylic acids is 1. The largest absolute Gasteiger partial charge is 0.492 e. The predicted molar refractivity (Wildman–Crippen MR) is 131 cm³/mol. The number of nitrogens with zero attached hydrogens (tertiary/aromatic N) is 3. The molecule has 33 heavy (non-hydrogen) atoms. The van der Waals surface area contributed by atoms with Crippen molar-refractivity contribution < 1.29 is 17.9 Å². The Kier molecular flexibility index (Phi) is 6.22. The molecule has 1 amide bonds. The van der Waals surface area contributed by atoms with Gasteiger partial charge in [0, 0.05) is 37.5 Å². The number of hydrogen-bond donors (Lipinski definition) is 0. The molecule has 2 aliphatic heterocycles. The van der Waals surface area contributed by atoms with Crippen LogP contribution in [0.4, 0.5) is 0 Å². The molecule has 2 fully saturated rings. The van der Waals surface area contributed by atoms with Crippen LogP contribution < -0.4 is 4.74 Å². The summed E-state index contributed by atoms with van der Waals surface area (Å²) in [6.07, 6.45) is 9.37. The molecule has 5 rings (SSSR count). The monoisotopic (exact) mass is 507 g/mol. The molecule has 2 heterocycles. The van der Waals surface area contributed by atoms with Crippen LogP contribution in [0.25, 0.3) is 0 Å². The molecule has 10 heteroatoms. The fraction of sp³-hybridized carbons (Fsp3) is 0.478. The lowest BCUT2D eigenvalue weighted by Crippen LogP contribution is -2.50. The molecule has 1 aromatic rings. The maximum Gasteiger partial charge on any atom is 0.257 e. The fourth-order valence-corrected chi connectivity index (χ4v) is 6.26. The molecular formula is C23H26ClN3O4S2. The number of amidine groups is 1. The number of ether oxygens (including phenoxy) is 1. The molecule has 2 aliphatic carbocycles. The fourth-order valence-electron chi connectivity index (χ4n) is 4.06. The van der Waals surface area contributed by atoms with E-state index in [1.807, 2.05) is 18.2 Å². The highest BCUT2D eigenvalue weighted by Crippen LogP contribution is 2.35. The zero-order valence-electron chi connectivity index (χ0n) is 18.3. The summed E-state index contributed by atoms with van der Waals surface area (Å²) in [7, 11) is -3.43. The van der Waals surface area contributed by atoms with Gasteiger partial charge in [0.25, 0.3) is 5.91 Å².